The van der Waals surface area contributed by atoms with Gasteiger partial charge in [0.25, 0.3) is 0 Å². The molecule has 4 rings (SSSR count). The van der Waals surface area contributed by atoms with Gasteiger partial charge in [0.15, 0.2) is 11.6 Å². The zero-order chi connectivity index (χ0) is 22.6. The van der Waals surface area contributed by atoms with Crippen LogP contribution in [0.5, 0.6) is 0 Å². The molecule has 8 heteroatoms. The first-order valence-electron chi connectivity index (χ1n) is 11.7. The Morgan fingerprint density at radius 2 is 1.91 bits per heavy atom. The molecule has 174 valence electrons. The molecule has 0 radical (unpaired) electrons. The third kappa shape index (κ3) is 6.13. The van der Waals surface area contributed by atoms with Crippen LogP contribution in [0, 0.1) is 11.2 Å². The quantitative estimate of drug-likeness (QED) is 0.508. The molecule has 0 spiro atoms. The minimum Gasteiger partial charge on any atom is -0.383 e. The molecule has 2 aliphatic carbocycles. The molecule has 7 nitrogen and oxygen atoms in total. The molecule has 3 N–H and O–H groups in total. The summed E-state index contributed by atoms with van der Waals surface area (Å²) in [5.41, 5.74) is 0.730. The number of aromatic nitrogens is 3. The van der Waals surface area contributed by atoms with Gasteiger partial charge in [-0.1, -0.05) is 6.92 Å². The molecular weight excluding hydrogens is 407 g/mol. The van der Waals surface area contributed by atoms with Gasteiger partial charge in [-0.2, -0.15) is 0 Å². The van der Waals surface area contributed by atoms with Crippen LogP contribution in [-0.2, 0) is 4.74 Å². The van der Waals surface area contributed by atoms with E-state index < -0.39 is 5.82 Å². The molecule has 0 bridgehead atoms. The highest BCUT2D eigenvalue weighted by molar-refractivity contribution is 5.61. The Morgan fingerprint density at radius 3 is 2.62 bits per heavy atom. The van der Waals surface area contributed by atoms with Crippen LogP contribution in [0.1, 0.15) is 52.4 Å². The van der Waals surface area contributed by atoms with E-state index in [-0.39, 0.29) is 0 Å². The average molecular weight is 443 g/mol. The first-order valence-corrected chi connectivity index (χ1v) is 11.7. The zero-order valence-corrected chi connectivity index (χ0v) is 19.3. The van der Waals surface area contributed by atoms with Crippen LogP contribution in [0.25, 0.3) is 11.4 Å². The lowest BCUT2D eigenvalue weighted by molar-refractivity contribution is 0.161. The number of methoxy groups -OCH3 is 1. The van der Waals surface area contributed by atoms with E-state index in [9.17, 15) is 4.39 Å². The molecule has 32 heavy (non-hydrogen) atoms. The van der Waals surface area contributed by atoms with E-state index in [1.807, 2.05) is 6.07 Å². The lowest BCUT2D eigenvalue weighted by Gasteiger charge is -2.31. The molecule has 2 heterocycles. The predicted molar refractivity (Wildman–Crippen MR) is 125 cm³/mol. The van der Waals surface area contributed by atoms with E-state index in [1.165, 1.54) is 19.0 Å². The molecule has 2 aromatic heterocycles. The Balaban J connectivity index is 1.36. The molecule has 1 unspecified atom stereocenters. The predicted octanol–water partition coefficient (Wildman–Crippen LogP) is 4.24. The molecule has 2 fully saturated rings. The lowest BCUT2D eigenvalue weighted by atomic mass is 9.90. The summed E-state index contributed by atoms with van der Waals surface area (Å²) in [7, 11) is 1.73. The van der Waals surface area contributed by atoms with Crippen molar-refractivity contribution >= 4 is 11.6 Å². The average Bonchev–Trinajstić information content (AvgIpc) is 3.53. The summed E-state index contributed by atoms with van der Waals surface area (Å²) in [4.78, 5) is 13.1. The molecule has 2 aromatic rings. The third-order valence-electron chi connectivity index (χ3n) is 6.57. The summed E-state index contributed by atoms with van der Waals surface area (Å²) < 4.78 is 19.8. The number of rotatable bonds is 10. The van der Waals surface area contributed by atoms with E-state index in [0.29, 0.717) is 40.7 Å². The zero-order valence-electron chi connectivity index (χ0n) is 19.3. The van der Waals surface area contributed by atoms with Gasteiger partial charge in [-0.3, -0.25) is 0 Å². The summed E-state index contributed by atoms with van der Waals surface area (Å²) in [5, 5.41) is 10.5. The largest absolute Gasteiger partial charge is 0.383 e. The van der Waals surface area contributed by atoms with Crippen LogP contribution < -0.4 is 16.0 Å². The minimum absolute atomic E-state index is 0.324. The number of nitrogens with one attached hydrogen (secondary N) is 3. The van der Waals surface area contributed by atoms with E-state index in [0.717, 1.165) is 44.7 Å². The van der Waals surface area contributed by atoms with Gasteiger partial charge in [-0.15, -0.1) is 0 Å². The molecule has 0 amide bonds. The van der Waals surface area contributed by atoms with Crippen LogP contribution >= 0.6 is 0 Å². The normalized spacial score (nSPS) is 22.9. The summed E-state index contributed by atoms with van der Waals surface area (Å²) in [6, 6.07) is 4.74. The number of pyridine rings is 1. The SMILES string of the molecule is COCC(C)NC1CCC(Nc2cc(-c3nccc(NCC4(C)CC4)n3)c(F)cn2)CC1. The fourth-order valence-electron chi connectivity index (χ4n) is 4.28. The summed E-state index contributed by atoms with van der Waals surface area (Å²) >= 11 is 0. The van der Waals surface area contributed by atoms with Crippen LogP contribution in [0.15, 0.2) is 24.5 Å². The molecule has 2 saturated carbocycles. The van der Waals surface area contributed by atoms with E-state index in [4.69, 9.17) is 4.74 Å². The molecule has 2 aliphatic rings. The van der Waals surface area contributed by atoms with Crippen molar-refractivity contribution in [3.05, 3.63) is 30.3 Å². The van der Waals surface area contributed by atoms with Gasteiger partial charge in [0.1, 0.15) is 11.6 Å². The van der Waals surface area contributed by atoms with Gasteiger partial charge >= 0.3 is 0 Å². The van der Waals surface area contributed by atoms with Gasteiger partial charge in [0.05, 0.1) is 18.4 Å². The van der Waals surface area contributed by atoms with Gasteiger partial charge in [0, 0.05) is 38.0 Å². The van der Waals surface area contributed by atoms with Gasteiger partial charge in [0.2, 0.25) is 0 Å². The van der Waals surface area contributed by atoms with Crippen LogP contribution in [0.3, 0.4) is 0 Å². The first kappa shape index (κ1) is 22.9. The number of hydrogen-bond acceptors (Lipinski definition) is 7. The maximum absolute atomic E-state index is 14.6. The van der Waals surface area contributed by atoms with Crippen molar-refractivity contribution in [1.82, 2.24) is 20.3 Å². The van der Waals surface area contributed by atoms with Gasteiger partial charge in [-0.05, 0) is 63.0 Å². The summed E-state index contributed by atoms with van der Waals surface area (Å²) in [6.07, 6.45) is 9.66. The van der Waals surface area contributed by atoms with E-state index >= 15 is 0 Å². The van der Waals surface area contributed by atoms with Crippen molar-refractivity contribution in [3.8, 4) is 11.4 Å². The number of halogens is 1. The Morgan fingerprint density at radius 1 is 1.16 bits per heavy atom. The highest BCUT2D eigenvalue weighted by Crippen LogP contribution is 2.44. The number of anilines is 2. The Kier molecular flexibility index (Phi) is 7.20. The van der Waals surface area contributed by atoms with Crippen molar-refractivity contribution in [2.24, 2.45) is 5.41 Å². The second kappa shape index (κ2) is 10.1. The van der Waals surface area contributed by atoms with Crippen molar-refractivity contribution < 1.29 is 9.13 Å². The van der Waals surface area contributed by atoms with Crippen LogP contribution in [-0.4, -0.2) is 53.3 Å². The second-order valence-corrected chi connectivity index (χ2v) is 9.70. The van der Waals surface area contributed by atoms with Crippen LogP contribution in [0.2, 0.25) is 0 Å². The van der Waals surface area contributed by atoms with E-state index in [1.54, 1.807) is 19.4 Å². The third-order valence-corrected chi connectivity index (χ3v) is 6.57. The maximum atomic E-state index is 14.6. The van der Waals surface area contributed by atoms with Crippen molar-refractivity contribution in [3.63, 3.8) is 0 Å². The van der Waals surface area contributed by atoms with Gasteiger partial charge in [-0.25, -0.2) is 19.3 Å². The monoisotopic (exact) mass is 442 g/mol. The fourth-order valence-corrected chi connectivity index (χ4v) is 4.28. The summed E-state index contributed by atoms with van der Waals surface area (Å²) in [5.74, 6) is 1.35. The highest BCUT2D eigenvalue weighted by atomic mass is 19.1. The first-order chi connectivity index (χ1) is 15.4. The maximum Gasteiger partial charge on any atom is 0.164 e. The second-order valence-electron chi connectivity index (χ2n) is 9.70. The topological polar surface area (TPSA) is 84.0 Å². The standard InChI is InChI=1S/C24H35FN6O/c1-16(14-32-3)29-17-4-6-18(7-5-17)30-22-12-19(20(25)13-27-22)23-26-11-8-21(31-23)28-15-24(2)9-10-24/h8,11-13,16-18,29H,4-7,9-10,14-15H2,1-3H3,(H,27,30)(H,26,28,31). The lowest BCUT2D eigenvalue weighted by Crippen LogP contribution is -2.42. The molecule has 0 aliphatic heterocycles. The fraction of sp³-hybridized carbons (Fsp3) is 0.625. The number of ether oxygens (including phenoxy) is 1. The molecule has 1 atom stereocenters. The minimum atomic E-state index is -0.415. The smallest absolute Gasteiger partial charge is 0.164 e. The van der Waals surface area contributed by atoms with Crippen molar-refractivity contribution in [2.75, 3.05) is 30.9 Å². The molecule has 0 saturated heterocycles. The Bertz CT molecular complexity index is 898. The van der Waals surface area contributed by atoms with Crippen molar-refractivity contribution in [2.45, 2.75) is 70.5 Å². The van der Waals surface area contributed by atoms with Gasteiger partial charge < -0.3 is 20.7 Å². The Labute approximate surface area is 190 Å². The molecule has 0 aromatic carbocycles. The van der Waals surface area contributed by atoms with E-state index in [2.05, 4.69) is 44.7 Å². The van der Waals surface area contributed by atoms with Crippen LogP contribution in [0.4, 0.5) is 16.0 Å². The molecular formula is C24H35FN6O. The number of nitrogens with zero attached hydrogens (tertiary/aromatic N) is 3. The Hall–Kier alpha value is -2.32. The van der Waals surface area contributed by atoms with Crippen molar-refractivity contribution in [1.29, 1.82) is 0 Å². The highest BCUT2D eigenvalue weighted by Gasteiger charge is 2.36. The number of hydrogen-bond donors (Lipinski definition) is 3. The summed E-state index contributed by atoms with van der Waals surface area (Å²) in [6.45, 7) is 6.00.